The van der Waals surface area contributed by atoms with E-state index in [1.807, 2.05) is 17.0 Å². The average molecular weight is 368 g/mol. The SMILES string of the molecule is O=C(c1ccco1)N1CCN(C(=O)C2CCCN(c3ccncc3)C2)CC1. The second-order valence-corrected chi connectivity index (χ2v) is 7.09. The number of pyridine rings is 1. The maximum absolute atomic E-state index is 13.0. The van der Waals surface area contributed by atoms with Crippen molar-refractivity contribution in [1.29, 1.82) is 0 Å². The Morgan fingerprint density at radius 2 is 1.74 bits per heavy atom. The number of amides is 2. The standard InChI is InChI=1S/C20H24N4O3/c25-19(16-3-1-9-24(15-16)17-5-7-21-8-6-17)22-10-12-23(13-11-22)20(26)18-4-2-14-27-18/h2,4-8,14,16H,1,3,9-13,15H2. The summed E-state index contributed by atoms with van der Waals surface area (Å²) in [7, 11) is 0. The predicted molar refractivity (Wildman–Crippen MR) is 100 cm³/mol. The van der Waals surface area contributed by atoms with Gasteiger partial charge in [0.2, 0.25) is 5.91 Å². The fourth-order valence-corrected chi connectivity index (χ4v) is 3.91. The minimum atomic E-state index is -0.103. The van der Waals surface area contributed by atoms with E-state index in [2.05, 4.69) is 9.88 Å². The van der Waals surface area contributed by atoms with Gasteiger partial charge in [0, 0.05) is 57.3 Å². The van der Waals surface area contributed by atoms with Gasteiger partial charge in [-0.25, -0.2) is 0 Å². The molecule has 2 aliphatic rings. The Morgan fingerprint density at radius 1 is 1.00 bits per heavy atom. The van der Waals surface area contributed by atoms with Crippen LogP contribution in [-0.4, -0.2) is 65.9 Å². The molecule has 142 valence electrons. The Labute approximate surface area is 158 Å². The van der Waals surface area contributed by atoms with Crippen LogP contribution in [0.4, 0.5) is 5.69 Å². The van der Waals surface area contributed by atoms with Gasteiger partial charge in [0.1, 0.15) is 0 Å². The normalized spacial score (nSPS) is 20.6. The lowest BCUT2D eigenvalue weighted by atomic mass is 9.95. The van der Waals surface area contributed by atoms with Crippen LogP contribution in [0.3, 0.4) is 0 Å². The quantitative estimate of drug-likeness (QED) is 0.827. The molecular weight excluding hydrogens is 344 g/mol. The van der Waals surface area contributed by atoms with Crippen LogP contribution in [0.15, 0.2) is 47.3 Å². The smallest absolute Gasteiger partial charge is 0.289 e. The maximum atomic E-state index is 13.0. The van der Waals surface area contributed by atoms with Crippen LogP contribution in [0, 0.1) is 5.92 Å². The van der Waals surface area contributed by atoms with Crippen LogP contribution in [0.1, 0.15) is 23.4 Å². The molecule has 7 nitrogen and oxygen atoms in total. The summed E-state index contributed by atoms with van der Waals surface area (Å²) in [6, 6.07) is 7.37. The van der Waals surface area contributed by atoms with E-state index in [4.69, 9.17) is 4.42 Å². The lowest BCUT2D eigenvalue weighted by Gasteiger charge is -2.39. The van der Waals surface area contributed by atoms with Crippen molar-refractivity contribution in [2.75, 3.05) is 44.2 Å². The first kappa shape index (κ1) is 17.6. The molecule has 2 aromatic rings. The zero-order valence-corrected chi connectivity index (χ0v) is 15.3. The van der Waals surface area contributed by atoms with Gasteiger partial charge >= 0.3 is 0 Å². The molecule has 7 heteroatoms. The number of aromatic nitrogens is 1. The van der Waals surface area contributed by atoms with E-state index >= 15 is 0 Å². The first-order valence-electron chi connectivity index (χ1n) is 9.49. The van der Waals surface area contributed by atoms with E-state index in [9.17, 15) is 9.59 Å². The first-order valence-corrected chi connectivity index (χ1v) is 9.49. The Balaban J connectivity index is 1.33. The number of piperidine rings is 1. The van der Waals surface area contributed by atoms with Gasteiger partial charge in [0.05, 0.1) is 12.2 Å². The molecule has 0 bridgehead atoms. The van der Waals surface area contributed by atoms with Crippen LogP contribution in [-0.2, 0) is 4.79 Å². The highest BCUT2D eigenvalue weighted by molar-refractivity contribution is 5.91. The molecule has 1 unspecified atom stereocenters. The van der Waals surface area contributed by atoms with E-state index in [0.717, 1.165) is 31.6 Å². The van der Waals surface area contributed by atoms with Crippen molar-refractivity contribution >= 4 is 17.5 Å². The predicted octanol–water partition coefficient (Wildman–Crippen LogP) is 1.88. The molecule has 4 heterocycles. The van der Waals surface area contributed by atoms with Crippen LogP contribution in [0.5, 0.6) is 0 Å². The van der Waals surface area contributed by atoms with Crippen molar-refractivity contribution in [2.24, 2.45) is 5.92 Å². The molecule has 2 fully saturated rings. The number of carbonyl (C=O) groups excluding carboxylic acids is 2. The summed E-state index contributed by atoms with van der Waals surface area (Å²) < 4.78 is 5.19. The third-order valence-electron chi connectivity index (χ3n) is 5.41. The van der Waals surface area contributed by atoms with Gasteiger partial charge in [0.25, 0.3) is 5.91 Å². The lowest BCUT2D eigenvalue weighted by molar-refractivity contribution is -0.137. The summed E-state index contributed by atoms with van der Waals surface area (Å²) in [5, 5.41) is 0. The Hall–Kier alpha value is -2.83. The summed E-state index contributed by atoms with van der Waals surface area (Å²) in [6.45, 7) is 3.97. The van der Waals surface area contributed by atoms with Gasteiger partial charge in [-0.3, -0.25) is 14.6 Å². The minimum absolute atomic E-state index is 0.0132. The number of hydrogen-bond acceptors (Lipinski definition) is 5. The average Bonchev–Trinajstić information content (AvgIpc) is 3.28. The molecule has 1 atom stereocenters. The number of furan rings is 1. The molecule has 2 amide bonds. The van der Waals surface area contributed by atoms with Crippen molar-refractivity contribution in [3.63, 3.8) is 0 Å². The Kier molecular flexibility index (Phi) is 5.09. The molecule has 4 rings (SSSR count). The van der Waals surface area contributed by atoms with Crippen LogP contribution in [0.2, 0.25) is 0 Å². The summed E-state index contributed by atoms with van der Waals surface area (Å²) in [5.74, 6) is 0.474. The highest BCUT2D eigenvalue weighted by Crippen LogP contribution is 2.24. The number of hydrogen-bond donors (Lipinski definition) is 0. The van der Waals surface area contributed by atoms with Crippen molar-refractivity contribution in [3.8, 4) is 0 Å². The molecular formula is C20H24N4O3. The van der Waals surface area contributed by atoms with Crippen LogP contribution < -0.4 is 4.90 Å². The lowest BCUT2D eigenvalue weighted by Crippen LogP contribution is -2.53. The van der Waals surface area contributed by atoms with Gasteiger partial charge in [-0.15, -0.1) is 0 Å². The fraction of sp³-hybridized carbons (Fsp3) is 0.450. The minimum Gasteiger partial charge on any atom is -0.459 e. The van der Waals surface area contributed by atoms with Gasteiger partial charge < -0.3 is 19.1 Å². The van der Waals surface area contributed by atoms with Crippen LogP contribution >= 0.6 is 0 Å². The van der Waals surface area contributed by atoms with Gasteiger partial charge in [-0.1, -0.05) is 0 Å². The molecule has 2 aliphatic heterocycles. The third-order valence-corrected chi connectivity index (χ3v) is 5.41. The second kappa shape index (κ2) is 7.82. The van der Waals surface area contributed by atoms with Crippen LogP contribution in [0.25, 0.3) is 0 Å². The van der Waals surface area contributed by atoms with E-state index in [-0.39, 0.29) is 17.7 Å². The van der Waals surface area contributed by atoms with E-state index in [1.165, 1.54) is 6.26 Å². The third kappa shape index (κ3) is 3.82. The molecule has 0 aliphatic carbocycles. The van der Waals surface area contributed by atoms with Gasteiger partial charge in [0.15, 0.2) is 5.76 Å². The van der Waals surface area contributed by atoms with Crippen molar-refractivity contribution in [3.05, 3.63) is 48.7 Å². The fourth-order valence-electron chi connectivity index (χ4n) is 3.91. The number of rotatable bonds is 3. The summed E-state index contributed by atoms with van der Waals surface area (Å²) in [4.78, 5) is 35.4. The van der Waals surface area contributed by atoms with E-state index < -0.39 is 0 Å². The second-order valence-electron chi connectivity index (χ2n) is 7.09. The van der Waals surface area contributed by atoms with Crippen molar-refractivity contribution in [2.45, 2.75) is 12.8 Å². The van der Waals surface area contributed by atoms with Crippen molar-refractivity contribution in [1.82, 2.24) is 14.8 Å². The van der Waals surface area contributed by atoms with Gasteiger partial charge in [-0.05, 0) is 37.1 Å². The monoisotopic (exact) mass is 368 g/mol. The molecule has 27 heavy (non-hydrogen) atoms. The highest BCUT2D eigenvalue weighted by atomic mass is 16.3. The summed E-state index contributed by atoms with van der Waals surface area (Å²) in [5.41, 5.74) is 1.12. The largest absolute Gasteiger partial charge is 0.459 e. The first-order chi connectivity index (χ1) is 13.2. The Bertz CT molecular complexity index is 770. The molecule has 2 saturated heterocycles. The van der Waals surface area contributed by atoms with Gasteiger partial charge in [-0.2, -0.15) is 0 Å². The molecule has 0 aromatic carbocycles. The number of carbonyl (C=O) groups is 2. The zero-order chi connectivity index (χ0) is 18.6. The molecule has 0 spiro atoms. The molecule has 2 aromatic heterocycles. The topological polar surface area (TPSA) is 69.9 Å². The van der Waals surface area contributed by atoms with Crippen molar-refractivity contribution < 1.29 is 14.0 Å². The number of nitrogens with zero attached hydrogens (tertiary/aromatic N) is 4. The number of piperazine rings is 1. The van der Waals surface area contributed by atoms with E-state index in [0.29, 0.717) is 31.9 Å². The summed E-state index contributed by atoms with van der Waals surface area (Å²) in [6.07, 6.45) is 7.01. The molecule has 0 saturated carbocycles. The summed E-state index contributed by atoms with van der Waals surface area (Å²) >= 11 is 0. The zero-order valence-electron chi connectivity index (χ0n) is 15.3. The maximum Gasteiger partial charge on any atom is 0.289 e. The Morgan fingerprint density at radius 3 is 2.44 bits per heavy atom. The number of anilines is 1. The molecule has 0 radical (unpaired) electrons. The van der Waals surface area contributed by atoms with E-state index in [1.54, 1.807) is 29.4 Å². The molecule has 0 N–H and O–H groups in total. The highest BCUT2D eigenvalue weighted by Gasteiger charge is 2.32.